The maximum Gasteiger partial charge on any atom is 0.223 e. The van der Waals surface area contributed by atoms with Crippen LogP contribution in [0.2, 0.25) is 0 Å². The Balaban J connectivity index is 2.00. The lowest BCUT2D eigenvalue weighted by molar-refractivity contribution is -0.131. The van der Waals surface area contributed by atoms with Gasteiger partial charge in [0.2, 0.25) is 5.91 Å². The highest BCUT2D eigenvalue weighted by Gasteiger charge is 2.38. The number of amides is 1. The van der Waals surface area contributed by atoms with Gasteiger partial charge in [-0.3, -0.25) is 4.79 Å². The Hall–Kier alpha value is -0.220. The minimum atomic E-state index is -0.294. The van der Waals surface area contributed by atoms with Crippen LogP contribution in [0.25, 0.3) is 0 Å². The van der Waals surface area contributed by atoms with Gasteiger partial charge in [0, 0.05) is 13.0 Å². The van der Waals surface area contributed by atoms with Crippen LogP contribution < -0.4 is 0 Å². The molecule has 1 aliphatic heterocycles. The maximum absolute atomic E-state index is 11.7. The summed E-state index contributed by atoms with van der Waals surface area (Å²) in [5.74, 6) is 1.36. The molecule has 4 heteroatoms. The predicted octanol–water partition coefficient (Wildman–Crippen LogP) is 0.678. The van der Waals surface area contributed by atoms with Crippen LogP contribution in [0.3, 0.4) is 0 Å². The molecule has 0 bridgehead atoms. The Kier molecular flexibility index (Phi) is 3.02. The Morgan fingerprint density at radius 3 is 2.79 bits per heavy atom. The molecule has 2 aliphatic rings. The van der Waals surface area contributed by atoms with E-state index in [0.717, 1.165) is 31.6 Å². The molecule has 80 valence electrons. The highest BCUT2D eigenvalue weighted by molar-refractivity contribution is 7.80. The van der Waals surface area contributed by atoms with Gasteiger partial charge in [0.05, 0.1) is 12.1 Å². The van der Waals surface area contributed by atoms with E-state index in [1.165, 1.54) is 0 Å². The molecule has 0 aromatic heterocycles. The summed E-state index contributed by atoms with van der Waals surface area (Å²) >= 11 is 4.22. The van der Waals surface area contributed by atoms with Gasteiger partial charge in [0.25, 0.3) is 0 Å². The number of carbonyl (C=O) groups excluding carboxylic acids is 1. The van der Waals surface area contributed by atoms with Crippen LogP contribution in [0.5, 0.6) is 0 Å². The number of likely N-dealkylation sites (tertiary alicyclic amines) is 1. The smallest absolute Gasteiger partial charge is 0.223 e. The van der Waals surface area contributed by atoms with Crippen molar-refractivity contribution in [2.45, 2.75) is 37.8 Å². The van der Waals surface area contributed by atoms with Gasteiger partial charge in [-0.25, -0.2) is 0 Å². The second kappa shape index (κ2) is 4.11. The maximum atomic E-state index is 11.7. The molecule has 2 rings (SSSR count). The van der Waals surface area contributed by atoms with Crippen molar-refractivity contribution in [3.63, 3.8) is 0 Å². The van der Waals surface area contributed by atoms with Gasteiger partial charge < -0.3 is 10.0 Å². The fourth-order valence-corrected chi connectivity index (χ4v) is 2.78. The van der Waals surface area contributed by atoms with Crippen LogP contribution >= 0.6 is 12.6 Å². The summed E-state index contributed by atoms with van der Waals surface area (Å²) in [6.07, 6.45) is 3.18. The summed E-state index contributed by atoms with van der Waals surface area (Å²) in [4.78, 5) is 13.5. The number of rotatable bonds is 2. The van der Waals surface area contributed by atoms with Crippen LogP contribution in [-0.4, -0.2) is 40.4 Å². The van der Waals surface area contributed by atoms with Crippen LogP contribution in [0.15, 0.2) is 0 Å². The van der Waals surface area contributed by atoms with Crippen molar-refractivity contribution in [2.75, 3.05) is 12.3 Å². The molecule has 3 unspecified atom stereocenters. The molecule has 3 nitrogen and oxygen atoms in total. The third-order valence-electron chi connectivity index (χ3n) is 3.34. The number of aliphatic hydroxyl groups excluding tert-OH is 1. The molecule has 1 aliphatic carbocycles. The van der Waals surface area contributed by atoms with E-state index in [0.29, 0.717) is 12.3 Å². The minimum Gasteiger partial charge on any atom is -0.391 e. The molecule has 0 radical (unpaired) electrons. The monoisotopic (exact) mass is 215 g/mol. The fraction of sp³-hybridized carbons (Fsp3) is 0.900. The number of aliphatic hydroxyl groups is 1. The lowest BCUT2D eigenvalue weighted by atomic mass is 10.1. The van der Waals surface area contributed by atoms with Gasteiger partial charge in [-0.2, -0.15) is 12.6 Å². The second-order valence-corrected chi connectivity index (χ2v) is 4.73. The average molecular weight is 215 g/mol. The summed E-state index contributed by atoms with van der Waals surface area (Å²) in [6.45, 7) is 0.796. The van der Waals surface area contributed by atoms with Gasteiger partial charge in [-0.05, 0) is 30.9 Å². The van der Waals surface area contributed by atoms with Gasteiger partial charge in [-0.15, -0.1) is 0 Å². The van der Waals surface area contributed by atoms with Crippen molar-refractivity contribution in [2.24, 2.45) is 5.92 Å². The van der Waals surface area contributed by atoms with Crippen molar-refractivity contribution in [1.82, 2.24) is 4.90 Å². The molecule has 1 N–H and O–H groups in total. The van der Waals surface area contributed by atoms with Crippen molar-refractivity contribution >= 4 is 18.5 Å². The summed E-state index contributed by atoms with van der Waals surface area (Å²) in [6, 6.07) is 0.0902. The van der Waals surface area contributed by atoms with Crippen molar-refractivity contribution in [3.8, 4) is 0 Å². The molecule has 1 amide bonds. The highest BCUT2D eigenvalue weighted by atomic mass is 32.1. The van der Waals surface area contributed by atoms with Crippen molar-refractivity contribution in [3.05, 3.63) is 0 Å². The average Bonchev–Trinajstić information content (AvgIpc) is 2.72. The number of carbonyl (C=O) groups is 1. The second-order valence-electron chi connectivity index (χ2n) is 4.36. The topological polar surface area (TPSA) is 40.5 Å². The van der Waals surface area contributed by atoms with Crippen molar-refractivity contribution in [1.29, 1.82) is 0 Å². The minimum absolute atomic E-state index is 0.0902. The molecule has 0 aromatic carbocycles. The largest absolute Gasteiger partial charge is 0.391 e. The third kappa shape index (κ3) is 1.77. The van der Waals surface area contributed by atoms with Gasteiger partial charge in [-0.1, -0.05) is 0 Å². The molecular weight excluding hydrogens is 198 g/mol. The van der Waals surface area contributed by atoms with E-state index in [2.05, 4.69) is 12.6 Å². The van der Waals surface area contributed by atoms with Gasteiger partial charge in [0.15, 0.2) is 0 Å². The standard InChI is InChI=1S/C10H17NO2S/c12-9-3-1-2-8(9)11-5-7(6-14)4-10(11)13/h7-9,12,14H,1-6H2. The lowest BCUT2D eigenvalue weighted by Gasteiger charge is -2.26. The zero-order valence-corrected chi connectivity index (χ0v) is 9.12. The number of hydrogen-bond donors (Lipinski definition) is 2. The Bertz CT molecular complexity index is 234. The number of thiol groups is 1. The first kappa shape index (κ1) is 10.3. The summed E-state index contributed by atoms with van der Waals surface area (Å²) in [5, 5.41) is 9.71. The SMILES string of the molecule is O=C1CC(CS)CN1C1CCCC1O. The zero-order valence-electron chi connectivity index (χ0n) is 8.22. The summed E-state index contributed by atoms with van der Waals surface area (Å²) in [7, 11) is 0. The highest BCUT2D eigenvalue weighted by Crippen LogP contribution is 2.29. The molecule has 2 fully saturated rings. The van der Waals surface area contributed by atoms with E-state index in [-0.39, 0.29) is 18.1 Å². The van der Waals surface area contributed by atoms with E-state index >= 15 is 0 Å². The van der Waals surface area contributed by atoms with Crippen molar-refractivity contribution < 1.29 is 9.90 Å². The van der Waals surface area contributed by atoms with E-state index in [4.69, 9.17) is 0 Å². The molecule has 1 saturated heterocycles. The van der Waals surface area contributed by atoms with E-state index in [9.17, 15) is 9.90 Å². The molecule has 1 heterocycles. The van der Waals surface area contributed by atoms with Crippen LogP contribution in [0.4, 0.5) is 0 Å². The first-order valence-corrected chi connectivity index (χ1v) is 5.94. The van der Waals surface area contributed by atoms with Gasteiger partial charge >= 0.3 is 0 Å². The predicted molar refractivity (Wildman–Crippen MR) is 57.3 cm³/mol. The third-order valence-corrected chi connectivity index (χ3v) is 3.86. The normalized spacial score (nSPS) is 38.3. The molecular formula is C10H17NO2S. The van der Waals surface area contributed by atoms with Crippen LogP contribution in [0, 0.1) is 5.92 Å². The Morgan fingerprint density at radius 1 is 1.50 bits per heavy atom. The Morgan fingerprint density at radius 2 is 2.29 bits per heavy atom. The quantitative estimate of drug-likeness (QED) is 0.665. The van der Waals surface area contributed by atoms with Crippen LogP contribution in [0.1, 0.15) is 25.7 Å². The molecule has 3 atom stereocenters. The van der Waals surface area contributed by atoms with Crippen LogP contribution in [-0.2, 0) is 4.79 Å². The molecule has 0 spiro atoms. The molecule has 1 saturated carbocycles. The first-order chi connectivity index (χ1) is 6.72. The Labute approximate surface area is 89.9 Å². The van der Waals surface area contributed by atoms with Gasteiger partial charge in [0.1, 0.15) is 0 Å². The zero-order chi connectivity index (χ0) is 10.1. The van der Waals surface area contributed by atoms with E-state index in [1.54, 1.807) is 0 Å². The fourth-order valence-electron chi connectivity index (χ4n) is 2.54. The lowest BCUT2D eigenvalue weighted by Crippen LogP contribution is -2.41. The molecule has 14 heavy (non-hydrogen) atoms. The number of nitrogens with zero attached hydrogens (tertiary/aromatic N) is 1. The van der Waals surface area contributed by atoms with E-state index < -0.39 is 0 Å². The number of hydrogen-bond acceptors (Lipinski definition) is 3. The summed E-state index contributed by atoms with van der Waals surface area (Å²) in [5.41, 5.74) is 0. The summed E-state index contributed by atoms with van der Waals surface area (Å²) < 4.78 is 0. The van der Waals surface area contributed by atoms with E-state index in [1.807, 2.05) is 4.90 Å². The molecule has 0 aromatic rings. The first-order valence-electron chi connectivity index (χ1n) is 5.30.